The van der Waals surface area contributed by atoms with Crippen molar-refractivity contribution in [2.75, 3.05) is 19.0 Å². The average Bonchev–Trinajstić information content (AvgIpc) is 2.62. The quantitative estimate of drug-likeness (QED) is 0.656. The molecule has 0 fully saturated rings. The summed E-state index contributed by atoms with van der Waals surface area (Å²) in [6.07, 6.45) is 0. The molecule has 0 radical (unpaired) electrons. The molecule has 2 aromatic rings. The van der Waals surface area contributed by atoms with Gasteiger partial charge in [0.25, 0.3) is 5.91 Å². The van der Waals surface area contributed by atoms with Crippen molar-refractivity contribution in [3.05, 3.63) is 57.0 Å². The van der Waals surface area contributed by atoms with Gasteiger partial charge >= 0.3 is 5.97 Å². The lowest BCUT2D eigenvalue weighted by atomic mass is 10.2. The van der Waals surface area contributed by atoms with E-state index in [1.165, 1.54) is 37.4 Å². The number of nitrogens with one attached hydrogen (secondary N) is 2. The summed E-state index contributed by atoms with van der Waals surface area (Å²) in [5, 5.41) is 2.95. The van der Waals surface area contributed by atoms with Crippen LogP contribution in [0.3, 0.4) is 0 Å². The van der Waals surface area contributed by atoms with E-state index in [1.807, 2.05) is 0 Å². The third kappa shape index (κ3) is 5.57. The van der Waals surface area contributed by atoms with Crippen LogP contribution in [-0.4, -0.2) is 33.9 Å². The van der Waals surface area contributed by atoms with Crippen LogP contribution in [0.25, 0.3) is 0 Å². The Morgan fingerprint density at radius 3 is 2.30 bits per heavy atom. The predicted molar refractivity (Wildman–Crippen MR) is 103 cm³/mol. The monoisotopic (exact) mass is 450 g/mol. The SMILES string of the molecule is CNS(=O)(=O)c1cccc(C(=O)OCC(=O)Nc2c(Cl)cc(Cl)cc2Cl)c1. The van der Waals surface area contributed by atoms with Crippen LogP contribution in [0.15, 0.2) is 41.3 Å². The van der Waals surface area contributed by atoms with E-state index in [1.54, 1.807) is 0 Å². The summed E-state index contributed by atoms with van der Waals surface area (Å²) in [6, 6.07) is 7.99. The number of amides is 1. The van der Waals surface area contributed by atoms with Crippen molar-refractivity contribution in [2.24, 2.45) is 0 Å². The van der Waals surface area contributed by atoms with Crippen LogP contribution in [-0.2, 0) is 19.6 Å². The van der Waals surface area contributed by atoms with Crippen LogP contribution in [0.2, 0.25) is 15.1 Å². The van der Waals surface area contributed by atoms with Gasteiger partial charge in [-0.25, -0.2) is 17.9 Å². The minimum atomic E-state index is -3.72. The maximum absolute atomic E-state index is 12.1. The van der Waals surface area contributed by atoms with Crippen LogP contribution < -0.4 is 10.0 Å². The van der Waals surface area contributed by atoms with Crippen LogP contribution >= 0.6 is 34.8 Å². The zero-order valence-corrected chi connectivity index (χ0v) is 16.8. The summed E-state index contributed by atoms with van der Waals surface area (Å²) in [5.41, 5.74) is 0.104. The number of esters is 1. The van der Waals surface area contributed by atoms with Crippen LogP contribution in [0.1, 0.15) is 10.4 Å². The minimum absolute atomic E-state index is 0.0262. The molecule has 0 saturated carbocycles. The van der Waals surface area contributed by atoms with Gasteiger partial charge in [-0.1, -0.05) is 40.9 Å². The van der Waals surface area contributed by atoms with Crippen molar-refractivity contribution in [2.45, 2.75) is 4.90 Å². The number of ether oxygens (including phenoxy) is 1. The number of benzene rings is 2. The summed E-state index contributed by atoms with van der Waals surface area (Å²) < 4.78 is 30.6. The van der Waals surface area contributed by atoms with Crippen LogP contribution in [0.4, 0.5) is 5.69 Å². The fourth-order valence-electron chi connectivity index (χ4n) is 1.96. The number of carbonyl (C=O) groups is 2. The highest BCUT2D eigenvalue weighted by Crippen LogP contribution is 2.33. The first-order chi connectivity index (χ1) is 12.6. The van der Waals surface area contributed by atoms with E-state index < -0.39 is 28.5 Å². The zero-order chi connectivity index (χ0) is 20.2. The maximum atomic E-state index is 12.1. The maximum Gasteiger partial charge on any atom is 0.338 e. The number of hydrogen-bond donors (Lipinski definition) is 2. The Hall–Kier alpha value is -1.84. The molecular formula is C16H13Cl3N2O5S. The number of anilines is 1. The van der Waals surface area contributed by atoms with E-state index in [9.17, 15) is 18.0 Å². The van der Waals surface area contributed by atoms with Crippen molar-refractivity contribution >= 4 is 62.4 Å². The zero-order valence-electron chi connectivity index (χ0n) is 13.8. The molecule has 2 rings (SSSR count). The molecule has 2 aromatic carbocycles. The lowest BCUT2D eigenvalue weighted by Crippen LogP contribution is -2.22. The Balaban J connectivity index is 2.04. The number of carbonyl (C=O) groups excluding carboxylic acids is 2. The summed E-state index contributed by atoms with van der Waals surface area (Å²) in [6.45, 7) is -0.628. The third-order valence-corrected chi connectivity index (χ3v) is 5.48. The smallest absolute Gasteiger partial charge is 0.338 e. The van der Waals surface area contributed by atoms with E-state index in [-0.39, 0.29) is 26.2 Å². The second-order valence-corrected chi connectivity index (χ2v) is 8.24. The van der Waals surface area contributed by atoms with E-state index >= 15 is 0 Å². The topological polar surface area (TPSA) is 102 Å². The first-order valence-corrected chi connectivity index (χ1v) is 9.91. The van der Waals surface area contributed by atoms with Gasteiger partial charge in [0.15, 0.2) is 6.61 Å². The summed E-state index contributed by atoms with van der Waals surface area (Å²) in [5.74, 6) is -1.56. The molecule has 0 atom stereocenters. The van der Waals surface area contributed by atoms with Crippen molar-refractivity contribution in [1.29, 1.82) is 0 Å². The Morgan fingerprint density at radius 2 is 1.70 bits per heavy atom. The van der Waals surface area contributed by atoms with Gasteiger partial charge in [0, 0.05) is 5.02 Å². The van der Waals surface area contributed by atoms with Crippen molar-refractivity contribution < 1.29 is 22.7 Å². The van der Waals surface area contributed by atoms with E-state index in [0.29, 0.717) is 5.02 Å². The lowest BCUT2D eigenvalue weighted by molar-refractivity contribution is -0.119. The van der Waals surface area contributed by atoms with Crippen LogP contribution in [0, 0.1) is 0 Å². The highest BCUT2D eigenvalue weighted by atomic mass is 35.5. The molecule has 0 aromatic heterocycles. The van der Waals surface area contributed by atoms with Crippen molar-refractivity contribution in [3.8, 4) is 0 Å². The average molecular weight is 452 g/mol. The fraction of sp³-hybridized carbons (Fsp3) is 0.125. The van der Waals surface area contributed by atoms with Gasteiger partial charge < -0.3 is 10.1 Å². The summed E-state index contributed by atoms with van der Waals surface area (Å²) >= 11 is 17.7. The number of rotatable bonds is 6. The first kappa shape index (κ1) is 21.5. The molecule has 0 bridgehead atoms. The van der Waals surface area contributed by atoms with E-state index in [2.05, 4.69) is 10.0 Å². The van der Waals surface area contributed by atoms with E-state index in [4.69, 9.17) is 39.5 Å². The number of sulfonamides is 1. The Kier molecular flexibility index (Phi) is 7.07. The van der Waals surface area contributed by atoms with Gasteiger partial charge in [0.1, 0.15) is 0 Å². The fourth-order valence-corrected chi connectivity index (χ4v) is 3.65. The molecule has 7 nitrogen and oxygen atoms in total. The van der Waals surface area contributed by atoms with Crippen molar-refractivity contribution in [1.82, 2.24) is 4.72 Å². The standard InChI is InChI=1S/C16H13Cl3N2O5S/c1-20-27(24,25)11-4-2-3-9(5-11)16(23)26-8-14(22)21-15-12(18)6-10(17)7-13(15)19/h2-7,20H,8H2,1H3,(H,21,22). The van der Waals surface area contributed by atoms with Gasteiger partial charge in [-0.15, -0.1) is 0 Å². The molecule has 0 heterocycles. The molecule has 0 aliphatic carbocycles. The van der Waals surface area contributed by atoms with Gasteiger partial charge in [-0.05, 0) is 37.4 Å². The summed E-state index contributed by atoms with van der Waals surface area (Å²) in [7, 11) is -2.47. The Morgan fingerprint density at radius 1 is 1.07 bits per heavy atom. The van der Waals surface area contributed by atoms with Gasteiger partial charge in [-0.3, -0.25) is 4.79 Å². The largest absolute Gasteiger partial charge is 0.452 e. The second-order valence-electron chi connectivity index (χ2n) is 5.10. The lowest BCUT2D eigenvalue weighted by Gasteiger charge is -2.10. The normalized spacial score (nSPS) is 11.1. The molecule has 27 heavy (non-hydrogen) atoms. The summed E-state index contributed by atoms with van der Waals surface area (Å²) in [4.78, 5) is 23.9. The molecule has 0 unspecified atom stereocenters. The van der Waals surface area contributed by atoms with Gasteiger partial charge in [-0.2, -0.15) is 0 Å². The Labute approximate surface area is 170 Å². The molecule has 11 heteroatoms. The Bertz CT molecular complexity index is 972. The molecule has 144 valence electrons. The molecule has 1 amide bonds. The molecule has 2 N–H and O–H groups in total. The second kappa shape index (κ2) is 8.90. The molecule has 0 aliphatic heterocycles. The highest BCUT2D eigenvalue weighted by Gasteiger charge is 2.17. The highest BCUT2D eigenvalue weighted by molar-refractivity contribution is 7.89. The minimum Gasteiger partial charge on any atom is -0.452 e. The first-order valence-electron chi connectivity index (χ1n) is 7.29. The molecule has 0 saturated heterocycles. The third-order valence-electron chi connectivity index (χ3n) is 3.25. The number of halogens is 3. The van der Waals surface area contributed by atoms with Gasteiger partial charge in [0.05, 0.1) is 26.2 Å². The predicted octanol–water partition coefficient (Wildman–Crippen LogP) is 3.35. The van der Waals surface area contributed by atoms with Gasteiger partial charge in [0.2, 0.25) is 10.0 Å². The molecule has 0 aliphatic rings. The van der Waals surface area contributed by atoms with E-state index in [0.717, 1.165) is 6.07 Å². The molecule has 0 spiro atoms. The number of hydrogen-bond acceptors (Lipinski definition) is 5. The van der Waals surface area contributed by atoms with Crippen LogP contribution in [0.5, 0.6) is 0 Å². The van der Waals surface area contributed by atoms with Crippen molar-refractivity contribution in [3.63, 3.8) is 0 Å². The molecular weight excluding hydrogens is 439 g/mol.